The summed E-state index contributed by atoms with van der Waals surface area (Å²) in [6.45, 7) is 4.63. The van der Waals surface area contributed by atoms with Crippen molar-refractivity contribution in [2.45, 2.75) is 95.4 Å². The van der Waals surface area contributed by atoms with Gasteiger partial charge in [-0.25, -0.2) is 9.59 Å². The minimum Gasteiger partial charge on any atom is -0.455 e. The Kier molecular flexibility index (Phi) is 13.2. The molecule has 10 atom stereocenters. The molecule has 0 aromatic heterocycles. The number of aliphatic hydroxyl groups is 1. The summed E-state index contributed by atoms with van der Waals surface area (Å²) in [6.07, 6.45) is -11.7. The van der Waals surface area contributed by atoms with Crippen molar-refractivity contribution < 1.29 is 57.4 Å². The molecular formula is C42H44O12. The first kappa shape index (κ1) is 38.8. The molecule has 6 rings (SSSR count). The van der Waals surface area contributed by atoms with Gasteiger partial charge in [-0.15, -0.1) is 0 Å². The van der Waals surface area contributed by atoms with E-state index in [-0.39, 0.29) is 18.8 Å². The second-order valence-electron chi connectivity index (χ2n) is 13.1. The van der Waals surface area contributed by atoms with Crippen molar-refractivity contribution in [2.24, 2.45) is 0 Å². The molecule has 12 nitrogen and oxygen atoms in total. The minimum absolute atomic E-state index is 0.0351. The fourth-order valence-corrected chi connectivity index (χ4v) is 6.45. The first-order valence-corrected chi connectivity index (χ1v) is 17.8. The normalized spacial score (nSPS) is 28.1. The topological polar surface area (TPSA) is 145 Å². The Morgan fingerprint density at radius 3 is 1.44 bits per heavy atom. The Bertz CT molecular complexity index is 1790. The predicted molar refractivity (Wildman–Crippen MR) is 193 cm³/mol. The summed E-state index contributed by atoms with van der Waals surface area (Å²) in [7, 11) is 0. The third-order valence-corrected chi connectivity index (χ3v) is 9.14. The molecule has 284 valence electrons. The average molecular weight is 741 g/mol. The minimum atomic E-state index is -1.51. The molecule has 0 bridgehead atoms. The maximum atomic E-state index is 13.5. The van der Waals surface area contributed by atoms with Crippen LogP contribution in [0.2, 0.25) is 0 Å². The predicted octanol–water partition coefficient (Wildman–Crippen LogP) is 5.41. The van der Waals surface area contributed by atoms with Crippen LogP contribution in [0, 0.1) is 0 Å². The van der Waals surface area contributed by atoms with Crippen molar-refractivity contribution in [3.8, 4) is 0 Å². The van der Waals surface area contributed by atoms with Crippen LogP contribution in [0.3, 0.4) is 0 Å². The first-order valence-electron chi connectivity index (χ1n) is 17.8. The SMILES string of the molecule is CC(=O)O[C@H]1[C@H](OCc2ccccc2)[C@H](O[C@@H]2[C@H](OC(=O)c3ccccc3)[C@H](C)O[C@@H](O)[C@H]2OCc2ccccc2)O[C@@H](C)[C@H]1OC(=O)c1ccccc1. The summed E-state index contributed by atoms with van der Waals surface area (Å²) in [4.78, 5) is 39.5. The monoisotopic (exact) mass is 740 g/mol. The van der Waals surface area contributed by atoms with Crippen molar-refractivity contribution >= 4 is 17.9 Å². The van der Waals surface area contributed by atoms with Crippen LogP contribution in [0.15, 0.2) is 121 Å². The van der Waals surface area contributed by atoms with E-state index in [1.165, 1.54) is 6.92 Å². The Morgan fingerprint density at radius 1 is 0.537 bits per heavy atom. The highest BCUT2D eigenvalue weighted by molar-refractivity contribution is 5.90. The molecule has 0 spiro atoms. The van der Waals surface area contributed by atoms with Crippen LogP contribution in [0.4, 0.5) is 0 Å². The van der Waals surface area contributed by atoms with Gasteiger partial charge in [-0.3, -0.25) is 4.79 Å². The van der Waals surface area contributed by atoms with Crippen LogP contribution in [-0.4, -0.2) is 84.4 Å². The second kappa shape index (κ2) is 18.4. The van der Waals surface area contributed by atoms with E-state index in [9.17, 15) is 19.5 Å². The molecule has 4 aromatic carbocycles. The highest BCUT2D eigenvalue weighted by atomic mass is 16.7. The van der Waals surface area contributed by atoms with Gasteiger partial charge in [0.25, 0.3) is 0 Å². The smallest absolute Gasteiger partial charge is 0.338 e. The first-order chi connectivity index (χ1) is 26.2. The Morgan fingerprint density at radius 2 is 0.963 bits per heavy atom. The standard InChI is InChI=1S/C42H44O12/c1-26-33(52-39(44)31-20-12-6-13-21-31)35(37(41(46)49-26)47-24-29-16-8-4-9-17-29)54-42-38(48-25-30-18-10-5-11-19-30)36(51-28(3)43)34(27(2)50-42)53-40(45)32-22-14-7-15-23-32/h4-23,26-27,33-38,41-42,46H,24-25H2,1-3H3/t26-,27-,33+,34+,35+,36+,37-,38-,41+,42-/m0/s1. The zero-order valence-electron chi connectivity index (χ0n) is 30.2. The van der Waals surface area contributed by atoms with Gasteiger partial charge in [0.15, 0.2) is 30.9 Å². The van der Waals surface area contributed by atoms with E-state index < -0.39 is 79.3 Å². The maximum absolute atomic E-state index is 13.5. The molecule has 0 unspecified atom stereocenters. The number of aliphatic hydroxyl groups excluding tert-OH is 1. The molecule has 0 radical (unpaired) electrons. The Hall–Kier alpha value is -4.95. The summed E-state index contributed by atoms with van der Waals surface area (Å²) >= 11 is 0. The van der Waals surface area contributed by atoms with Gasteiger partial charge >= 0.3 is 17.9 Å². The highest BCUT2D eigenvalue weighted by Crippen LogP contribution is 2.35. The fourth-order valence-electron chi connectivity index (χ4n) is 6.45. The number of ether oxygens (including phenoxy) is 8. The fraction of sp³-hybridized carbons (Fsp3) is 0.357. The number of hydrogen-bond donors (Lipinski definition) is 1. The average Bonchev–Trinajstić information content (AvgIpc) is 3.18. The molecule has 0 amide bonds. The molecule has 12 heteroatoms. The van der Waals surface area contributed by atoms with E-state index in [0.29, 0.717) is 5.56 Å². The quantitative estimate of drug-likeness (QED) is 0.138. The van der Waals surface area contributed by atoms with Crippen LogP contribution in [0.25, 0.3) is 0 Å². The number of esters is 3. The summed E-state index contributed by atoms with van der Waals surface area (Å²) in [6, 6.07) is 35.4. The summed E-state index contributed by atoms with van der Waals surface area (Å²) in [5.74, 6) is -1.96. The van der Waals surface area contributed by atoms with Crippen molar-refractivity contribution in [3.63, 3.8) is 0 Å². The molecule has 4 aromatic rings. The third-order valence-electron chi connectivity index (χ3n) is 9.14. The highest BCUT2D eigenvalue weighted by Gasteiger charge is 2.54. The van der Waals surface area contributed by atoms with E-state index in [4.69, 9.17) is 37.9 Å². The van der Waals surface area contributed by atoms with Crippen molar-refractivity contribution in [1.29, 1.82) is 0 Å². The van der Waals surface area contributed by atoms with Crippen LogP contribution in [-0.2, 0) is 55.9 Å². The van der Waals surface area contributed by atoms with Gasteiger partial charge in [0, 0.05) is 6.92 Å². The van der Waals surface area contributed by atoms with Crippen LogP contribution >= 0.6 is 0 Å². The van der Waals surface area contributed by atoms with Crippen molar-refractivity contribution in [2.75, 3.05) is 0 Å². The van der Waals surface area contributed by atoms with Gasteiger partial charge < -0.3 is 43.0 Å². The van der Waals surface area contributed by atoms with Gasteiger partial charge in [-0.2, -0.15) is 0 Å². The van der Waals surface area contributed by atoms with E-state index in [1.54, 1.807) is 74.5 Å². The second-order valence-corrected chi connectivity index (χ2v) is 13.1. The van der Waals surface area contributed by atoms with Crippen molar-refractivity contribution in [3.05, 3.63) is 144 Å². The number of hydrogen-bond acceptors (Lipinski definition) is 12. The van der Waals surface area contributed by atoms with E-state index in [2.05, 4.69) is 0 Å². The number of carbonyl (C=O) groups excluding carboxylic acids is 3. The van der Waals surface area contributed by atoms with E-state index in [1.807, 2.05) is 60.7 Å². The molecule has 0 saturated carbocycles. The molecule has 2 saturated heterocycles. The van der Waals surface area contributed by atoms with Crippen LogP contribution in [0.1, 0.15) is 52.6 Å². The zero-order chi connectivity index (χ0) is 38.0. The Labute approximate surface area is 313 Å². The molecular weight excluding hydrogens is 696 g/mol. The van der Waals surface area contributed by atoms with Gasteiger partial charge in [0.2, 0.25) is 0 Å². The summed E-state index contributed by atoms with van der Waals surface area (Å²) < 4.78 is 49.6. The maximum Gasteiger partial charge on any atom is 0.338 e. The van der Waals surface area contributed by atoms with Crippen LogP contribution in [0.5, 0.6) is 0 Å². The van der Waals surface area contributed by atoms with E-state index >= 15 is 0 Å². The third kappa shape index (κ3) is 9.77. The van der Waals surface area contributed by atoms with E-state index in [0.717, 1.165) is 11.1 Å². The lowest BCUT2D eigenvalue weighted by molar-refractivity contribution is -0.358. The zero-order valence-corrected chi connectivity index (χ0v) is 30.2. The lowest BCUT2D eigenvalue weighted by Crippen LogP contribution is -2.65. The number of carbonyl (C=O) groups is 3. The van der Waals surface area contributed by atoms with Crippen molar-refractivity contribution in [1.82, 2.24) is 0 Å². The largest absolute Gasteiger partial charge is 0.455 e. The van der Waals surface area contributed by atoms with Gasteiger partial charge in [0.05, 0.1) is 36.5 Å². The van der Waals surface area contributed by atoms with Gasteiger partial charge in [0.1, 0.15) is 18.3 Å². The van der Waals surface area contributed by atoms with Gasteiger partial charge in [-0.1, -0.05) is 97.1 Å². The molecule has 1 N–H and O–H groups in total. The van der Waals surface area contributed by atoms with Gasteiger partial charge in [-0.05, 0) is 49.2 Å². The summed E-state index contributed by atoms with van der Waals surface area (Å²) in [5, 5.41) is 11.3. The molecule has 2 aliphatic heterocycles. The molecule has 54 heavy (non-hydrogen) atoms. The van der Waals surface area contributed by atoms with Crippen LogP contribution < -0.4 is 0 Å². The molecule has 0 aliphatic carbocycles. The lowest BCUT2D eigenvalue weighted by Gasteiger charge is -2.48. The molecule has 2 aliphatic rings. The molecule has 2 heterocycles. The summed E-state index contributed by atoms with van der Waals surface area (Å²) in [5.41, 5.74) is 2.19. The molecule has 2 fully saturated rings. The Balaban J connectivity index is 1.35. The number of rotatable bonds is 13. The lowest BCUT2D eigenvalue weighted by atomic mass is 9.96. The number of benzene rings is 4.